The second-order valence-electron chi connectivity index (χ2n) is 5.94. The Labute approximate surface area is 165 Å². The van der Waals surface area contributed by atoms with Crippen LogP contribution in [0.25, 0.3) is 11.1 Å². The first-order valence-electron chi connectivity index (χ1n) is 7.60. The molecule has 15 heteroatoms. The van der Waals surface area contributed by atoms with E-state index in [-0.39, 0.29) is 17.5 Å². The van der Waals surface area contributed by atoms with Crippen molar-refractivity contribution >= 4 is 25.9 Å². The van der Waals surface area contributed by atoms with E-state index in [0.29, 0.717) is 17.2 Å². The highest BCUT2D eigenvalue weighted by molar-refractivity contribution is 7.90. The number of anilines is 1. The second kappa shape index (κ2) is 6.83. The first-order valence-corrected chi connectivity index (χ1v) is 10.4. The summed E-state index contributed by atoms with van der Waals surface area (Å²) in [5.74, 6) is 0. The predicted molar refractivity (Wildman–Crippen MR) is 87.7 cm³/mol. The normalized spacial score (nSPS) is 14.5. The van der Waals surface area contributed by atoms with Gasteiger partial charge in [0.2, 0.25) is 0 Å². The van der Waals surface area contributed by atoms with Gasteiger partial charge in [0.05, 0.1) is 5.69 Å². The molecule has 0 heterocycles. The molecule has 7 nitrogen and oxygen atoms in total. The summed E-state index contributed by atoms with van der Waals surface area (Å²) in [4.78, 5) is -3.53. The minimum absolute atomic E-state index is 0.0709. The van der Waals surface area contributed by atoms with Crippen LogP contribution in [0, 0.1) is 0 Å². The van der Waals surface area contributed by atoms with Gasteiger partial charge in [-0.05, 0) is 28.3 Å². The molecule has 0 amide bonds. The van der Waals surface area contributed by atoms with Gasteiger partial charge in [0.15, 0.2) is 0 Å². The molecular weight excluding hydrogens is 468 g/mol. The maximum atomic E-state index is 12.6. The molecule has 164 valence electrons. The molecule has 30 heavy (non-hydrogen) atoms. The fourth-order valence-electron chi connectivity index (χ4n) is 3.04. The summed E-state index contributed by atoms with van der Waals surface area (Å²) < 4.78 is 130. The second-order valence-corrected chi connectivity index (χ2v) is 8.94. The minimum atomic E-state index is -6.00. The maximum Gasteiger partial charge on any atom is 0.537 e. The number of halogens is 6. The van der Waals surface area contributed by atoms with Gasteiger partial charge in [-0.15, -0.1) is 26.3 Å². The van der Waals surface area contributed by atoms with Crippen LogP contribution in [0.2, 0.25) is 0 Å². The van der Waals surface area contributed by atoms with E-state index in [1.54, 1.807) is 6.07 Å². The lowest BCUT2D eigenvalue weighted by Gasteiger charge is -2.18. The predicted octanol–water partition coefficient (Wildman–Crippen LogP) is 3.29. The van der Waals surface area contributed by atoms with E-state index in [1.165, 1.54) is 18.2 Å². The minimum Gasteiger partial charge on any atom is -0.397 e. The van der Waals surface area contributed by atoms with Crippen molar-refractivity contribution in [3.05, 3.63) is 41.5 Å². The Hall–Kier alpha value is -2.36. The highest BCUT2D eigenvalue weighted by atomic mass is 32.2. The molecule has 0 saturated carbocycles. The molecule has 0 bridgehead atoms. The van der Waals surface area contributed by atoms with Crippen molar-refractivity contribution in [2.45, 2.75) is 28.9 Å². The zero-order valence-electron chi connectivity index (χ0n) is 14.2. The number of fused-ring (bicyclic) bond motifs is 3. The summed E-state index contributed by atoms with van der Waals surface area (Å²) in [6, 6.07) is 6.51. The Bertz CT molecular complexity index is 1240. The summed E-state index contributed by atoms with van der Waals surface area (Å²) in [5.41, 5.74) is 5.29. The number of benzene rings is 2. The van der Waals surface area contributed by atoms with Gasteiger partial charge in [-0.3, -0.25) is 0 Å². The van der Waals surface area contributed by atoms with Crippen LogP contribution in [0.4, 0.5) is 32.0 Å². The monoisotopic (exact) mass is 477 g/mol. The summed E-state index contributed by atoms with van der Waals surface area (Å²) in [6.07, 6.45) is -11.7. The molecule has 0 fully saturated rings. The molecule has 0 radical (unpaired) electrons. The van der Waals surface area contributed by atoms with Gasteiger partial charge in [0, 0.05) is 6.42 Å². The van der Waals surface area contributed by atoms with Crippen LogP contribution in [0.5, 0.6) is 0 Å². The van der Waals surface area contributed by atoms with E-state index in [9.17, 15) is 43.2 Å². The standard InChI is InChI=1S/C15H9F6NO6S2/c16-14(17,18)27-29(23,24)11-6-9-8-4-2-1-3-7(8)5-10(9)12(22)13(11)30(25,26)28-15(19,20)21/h1-4,6H,5,22H2. The largest absolute Gasteiger partial charge is 0.537 e. The third kappa shape index (κ3) is 4.23. The molecule has 3 rings (SSSR count). The third-order valence-electron chi connectivity index (χ3n) is 4.00. The van der Waals surface area contributed by atoms with Gasteiger partial charge in [-0.2, -0.15) is 25.2 Å². The third-order valence-corrected chi connectivity index (χ3v) is 6.74. The van der Waals surface area contributed by atoms with Crippen LogP contribution in [-0.2, 0) is 35.0 Å². The van der Waals surface area contributed by atoms with Crippen molar-refractivity contribution < 1.29 is 51.5 Å². The summed E-state index contributed by atoms with van der Waals surface area (Å²) >= 11 is 0. The molecule has 0 atom stereocenters. The zero-order valence-corrected chi connectivity index (χ0v) is 15.8. The molecular formula is C15H9F6NO6S2. The molecule has 0 aromatic heterocycles. The van der Waals surface area contributed by atoms with E-state index >= 15 is 0 Å². The zero-order chi connectivity index (χ0) is 22.7. The highest BCUT2D eigenvalue weighted by Gasteiger charge is 2.45. The lowest BCUT2D eigenvalue weighted by Crippen LogP contribution is -2.25. The van der Waals surface area contributed by atoms with Crippen molar-refractivity contribution in [3.63, 3.8) is 0 Å². The number of rotatable bonds is 4. The van der Waals surface area contributed by atoms with E-state index in [0.717, 1.165) is 0 Å². The van der Waals surface area contributed by atoms with E-state index in [2.05, 4.69) is 8.37 Å². The topological polar surface area (TPSA) is 113 Å². The number of hydrogen-bond donors (Lipinski definition) is 1. The Kier molecular flexibility index (Phi) is 5.08. The Balaban J connectivity index is 2.36. The first-order chi connectivity index (χ1) is 13.5. The SMILES string of the molecule is Nc1c2c(cc(S(=O)(=O)OC(F)(F)F)c1S(=O)(=O)OC(F)(F)F)-c1ccccc1C2. The molecule has 1 aliphatic rings. The molecule has 0 spiro atoms. The van der Waals surface area contributed by atoms with Crippen molar-refractivity contribution in [1.82, 2.24) is 0 Å². The summed E-state index contributed by atoms with van der Waals surface area (Å²) in [6.45, 7) is 0. The number of hydrogen-bond acceptors (Lipinski definition) is 7. The van der Waals surface area contributed by atoms with Gasteiger partial charge in [0.1, 0.15) is 9.79 Å². The lowest BCUT2D eigenvalue weighted by atomic mass is 10.1. The average Bonchev–Trinajstić information content (AvgIpc) is 2.89. The highest BCUT2D eigenvalue weighted by Crippen LogP contribution is 2.46. The van der Waals surface area contributed by atoms with E-state index < -0.39 is 48.4 Å². The molecule has 2 aromatic rings. The Morgan fingerprint density at radius 1 is 0.833 bits per heavy atom. The summed E-state index contributed by atoms with van der Waals surface area (Å²) in [5, 5.41) is 0. The number of nitrogens with two attached hydrogens (primary N) is 1. The summed E-state index contributed by atoms with van der Waals surface area (Å²) in [7, 11) is -12.0. The molecule has 0 saturated heterocycles. The Morgan fingerprint density at radius 3 is 1.93 bits per heavy atom. The van der Waals surface area contributed by atoms with Crippen molar-refractivity contribution in [2.24, 2.45) is 0 Å². The fraction of sp³-hybridized carbons (Fsp3) is 0.200. The van der Waals surface area contributed by atoms with Gasteiger partial charge in [-0.1, -0.05) is 24.3 Å². The maximum absolute atomic E-state index is 12.6. The van der Waals surface area contributed by atoms with Crippen LogP contribution in [0.1, 0.15) is 11.1 Å². The van der Waals surface area contributed by atoms with Gasteiger partial charge >= 0.3 is 33.0 Å². The fourth-order valence-corrected chi connectivity index (χ4v) is 5.62. The molecule has 2 N–H and O–H groups in total. The molecule has 2 aromatic carbocycles. The van der Waals surface area contributed by atoms with Crippen LogP contribution in [0.3, 0.4) is 0 Å². The lowest BCUT2D eigenvalue weighted by molar-refractivity contribution is -0.273. The van der Waals surface area contributed by atoms with Crippen molar-refractivity contribution in [2.75, 3.05) is 5.73 Å². The van der Waals surface area contributed by atoms with E-state index in [4.69, 9.17) is 5.73 Å². The van der Waals surface area contributed by atoms with Crippen LogP contribution in [0.15, 0.2) is 40.1 Å². The smallest absolute Gasteiger partial charge is 0.397 e. The van der Waals surface area contributed by atoms with E-state index in [1.807, 2.05) is 0 Å². The van der Waals surface area contributed by atoms with Gasteiger partial charge in [0.25, 0.3) is 0 Å². The van der Waals surface area contributed by atoms with Gasteiger partial charge < -0.3 is 5.73 Å². The van der Waals surface area contributed by atoms with Gasteiger partial charge in [-0.25, -0.2) is 0 Å². The molecule has 1 aliphatic carbocycles. The van der Waals surface area contributed by atoms with Crippen molar-refractivity contribution in [3.8, 4) is 11.1 Å². The first kappa shape index (κ1) is 22.3. The quantitative estimate of drug-likeness (QED) is 0.349. The molecule has 0 unspecified atom stereocenters. The average molecular weight is 477 g/mol. The Morgan fingerprint density at radius 2 is 1.37 bits per heavy atom. The van der Waals surface area contributed by atoms with Crippen LogP contribution >= 0.6 is 0 Å². The van der Waals surface area contributed by atoms with Crippen molar-refractivity contribution in [1.29, 1.82) is 0 Å². The van der Waals surface area contributed by atoms with Crippen LogP contribution < -0.4 is 5.73 Å². The number of nitrogen functional groups attached to an aromatic ring is 1. The molecule has 0 aliphatic heterocycles. The number of alkyl halides is 6. The van der Waals surface area contributed by atoms with Crippen LogP contribution in [-0.4, -0.2) is 29.6 Å².